The molecule has 1 saturated heterocycles. The number of carbonyl (C=O) groups excluding carboxylic acids is 2. The summed E-state index contributed by atoms with van der Waals surface area (Å²) in [6.45, 7) is 2.82. The fourth-order valence-electron chi connectivity index (χ4n) is 3.17. The summed E-state index contributed by atoms with van der Waals surface area (Å²) >= 11 is 3.32. The normalized spacial score (nSPS) is 14.5. The van der Waals surface area contributed by atoms with Crippen LogP contribution in [0, 0.1) is 17.2 Å². The molecule has 1 aliphatic rings. The van der Waals surface area contributed by atoms with Gasteiger partial charge in [0.15, 0.2) is 5.78 Å². The number of hydrogen-bond acceptors (Lipinski definition) is 5. The molecule has 0 aliphatic carbocycles. The van der Waals surface area contributed by atoms with E-state index in [-0.39, 0.29) is 17.6 Å². The highest BCUT2D eigenvalue weighted by atomic mass is 79.9. The number of anilines is 2. The van der Waals surface area contributed by atoms with E-state index in [0.717, 1.165) is 10.2 Å². The van der Waals surface area contributed by atoms with E-state index < -0.39 is 0 Å². The third-order valence-corrected chi connectivity index (χ3v) is 5.18. The van der Waals surface area contributed by atoms with Gasteiger partial charge in [0.05, 0.1) is 11.3 Å². The smallest absolute Gasteiger partial charge is 0.228 e. The van der Waals surface area contributed by atoms with E-state index >= 15 is 0 Å². The lowest BCUT2D eigenvalue weighted by Gasteiger charge is -2.33. The minimum Gasteiger partial charge on any atom is -0.370 e. The number of nitrogens with zero attached hydrogens (tertiary/aromatic N) is 3. The third-order valence-electron chi connectivity index (χ3n) is 4.71. The van der Waals surface area contributed by atoms with Crippen molar-refractivity contribution in [2.24, 2.45) is 5.92 Å². The number of aromatic nitrogens is 1. The van der Waals surface area contributed by atoms with E-state index in [0.29, 0.717) is 42.9 Å². The standard InChI is InChI=1S/C20H19BrN4O2/c1-13(26)15-2-3-16(11-22)18(10-15)25-8-6-14(7-9-25)20(27)24-19-5-4-17(21)12-23-19/h2-5,10,12,14H,6-9H2,1H3,(H,23,24,27). The first kappa shape index (κ1) is 19.1. The second-order valence-corrected chi connectivity index (χ2v) is 7.43. The van der Waals surface area contributed by atoms with Gasteiger partial charge in [-0.15, -0.1) is 0 Å². The summed E-state index contributed by atoms with van der Waals surface area (Å²) in [4.78, 5) is 30.4. The molecule has 27 heavy (non-hydrogen) atoms. The molecule has 0 spiro atoms. The molecule has 3 rings (SSSR count). The van der Waals surface area contributed by atoms with Gasteiger partial charge in [0.1, 0.15) is 11.9 Å². The highest BCUT2D eigenvalue weighted by molar-refractivity contribution is 9.10. The van der Waals surface area contributed by atoms with Crippen LogP contribution >= 0.6 is 15.9 Å². The Kier molecular flexibility index (Phi) is 5.87. The van der Waals surface area contributed by atoms with Crippen molar-refractivity contribution >= 4 is 39.1 Å². The minimum atomic E-state index is -0.103. The molecule has 0 atom stereocenters. The Morgan fingerprint density at radius 1 is 1.26 bits per heavy atom. The van der Waals surface area contributed by atoms with Gasteiger partial charge in [-0.05, 0) is 66.0 Å². The van der Waals surface area contributed by atoms with E-state index in [1.54, 1.807) is 30.5 Å². The predicted octanol–water partition coefficient (Wildman–Crippen LogP) is 3.77. The van der Waals surface area contributed by atoms with Crippen molar-refractivity contribution in [2.45, 2.75) is 19.8 Å². The highest BCUT2D eigenvalue weighted by Gasteiger charge is 2.26. The van der Waals surface area contributed by atoms with Crippen LogP contribution < -0.4 is 10.2 Å². The second-order valence-electron chi connectivity index (χ2n) is 6.51. The van der Waals surface area contributed by atoms with E-state index in [9.17, 15) is 14.9 Å². The number of Topliss-reactive ketones (excluding diaryl/α,β-unsaturated/α-hetero) is 1. The fraction of sp³-hybridized carbons (Fsp3) is 0.300. The number of hydrogen-bond donors (Lipinski definition) is 1. The van der Waals surface area contributed by atoms with Crippen LogP contribution in [-0.4, -0.2) is 29.8 Å². The fourth-order valence-corrected chi connectivity index (χ4v) is 3.40. The number of amides is 1. The van der Waals surface area contributed by atoms with Crippen LogP contribution in [0.15, 0.2) is 41.0 Å². The van der Waals surface area contributed by atoms with Gasteiger partial charge in [-0.2, -0.15) is 5.26 Å². The Morgan fingerprint density at radius 2 is 2.00 bits per heavy atom. The molecule has 1 aromatic carbocycles. The molecule has 0 bridgehead atoms. The summed E-state index contributed by atoms with van der Waals surface area (Å²) in [5, 5.41) is 12.2. The van der Waals surface area contributed by atoms with Crippen molar-refractivity contribution in [1.82, 2.24) is 4.98 Å². The largest absolute Gasteiger partial charge is 0.370 e. The summed E-state index contributed by atoms with van der Waals surface area (Å²) < 4.78 is 0.856. The lowest BCUT2D eigenvalue weighted by molar-refractivity contribution is -0.120. The molecule has 2 aromatic rings. The van der Waals surface area contributed by atoms with Crippen LogP contribution in [0.1, 0.15) is 35.7 Å². The molecule has 7 heteroatoms. The third kappa shape index (κ3) is 4.52. The van der Waals surface area contributed by atoms with Crippen molar-refractivity contribution in [3.63, 3.8) is 0 Å². The van der Waals surface area contributed by atoms with Crippen LogP contribution in [-0.2, 0) is 4.79 Å². The quantitative estimate of drug-likeness (QED) is 0.751. The maximum Gasteiger partial charge on any atom is 0.228 e. The van der Waals surface area contributed by atoms with Crippen LogP contribution in [0.5, 0.6) is 0 Å². The Morgan fingerprint density at radius 3 is 2.59 bits per heavy atom. The minimum absolute atomic E-state index is 0.0306. The maximum atomic E-state index is 12.5. The second kappa shape index (κ2) is 8.31. The molecular weight excluding hydrogens is 408 g/mol. The predicted molar refractivity (Wildman–Crippen MR) is 107 cm³/mol. The molecule has 0 radical (unpaired) electrons. The monoisotopic (exact) mass is 426 g/mol. The summed E-state index contributed by atoms with van der Waals surface area (Å²) in [6.07, 6.45) is 3.00. The summed E-state index contributed by atoms with van der Waals surface area (Å²) in [5.41, 5.74) is 1.89. The lowest BCUT2D eigenvalue weighted by atomic mass is 9.94. The lowest BCUT2D eigenvalue weighted by Crippen LogP contribution is -2.38. The zero-order chi connectivity index (χ0) is 19.4. The molecule has 0 unspecified atom stereocenters. The van der Waals surface area contributed by atoms with Gasteiger partial charge >= 0.3 is 0 Å². The Hall–Kier alpha value is -2.72. The number of pyridine rings is 1. The van der Waals surface area contributed by atoms with Gasteiger partial charge in [0.25, 0.3) is 0 Å². The molecule has 1 aromatic heterocycles. The number of rotatable bonds is 4. The Labute approximate surface area is 166 Å². The van der Waals surface area contributed by atoms with E-state index in [1.807, 2.05) is 6.07 Å². The number of piperidine rings is 1. The van der Waals surface area contributed by atoms with Crippen molar-refractivity contribution in [3.8, 4) is 6.07 Å². The average molecular weight is 427 g/mol. The van der Waals surface area contributed by atoms with Crippen molar-refractivity contribution in [2.75, 3.05) is 23.3 Å². The van der Waals surface area contributed by atoms with Crippen molar-refractivity contribution in [1.29, 1.82) is 5.26 Å². The molecular formula is C20H19BrN4O2. The number of benzene rings is 1. The first-order valence-electron chi connectivity index (χ1n) is 8.70. The van der Waals surface area contributed by atoms with Gasteiger partial charge in [-0.3, -0.25) is 9.59 Å². The molecule has 138 valence electrons. The van der Waals surface area contributed by atoms with Crippen molar-refractivity contribution in [3.05, 3.63) is 52.1 Å². The molecule has 1 aliphatic heterocycles. The number of carbonyl (C=O) groups is 2. The summed E-state index contributed by atoms with van der Waals surface area (Å²) in [6, 6.07) is 10.9. The zero-order valence-corrected chi connectivity index (χ0v) is 16.5. The SMILES string of the molecule is CC(=O)c1ccc(C#N)c(N2CCC(C(=O)Nc3ccc(Br)cn3)CC2)c1. The number of nitriles is 1. The maximum absolute atomic E-state index is 12.5. The zero-order valence-electron chi connectivity index (χ0n) is 14.9. The Balaban J connectivity index is 1.66. The highest BCUT2D eigenvalue weighted by Crippen LogP contribution is 2.28. The molecule has 6 nitrogen and oxygen atoms in total. The van der Waals surface area contributed by atoms with Gasteiger partial charge in [0, 0.05) is 35.2 Å². The van der Waals surface area contributed by atoms with Crippen molar-refractivity contribution < 1.29 is 9.59 Å². The van der Waals surface area contributed by atoms with Crippen LogP contribution in [0.3, 0.4) is 0 Å². The van der Waals surface area contributed by atoms with Gasteiger partial charge in [0.2, 0.25) is 5.91 Å². The molecule has 1 amide bonds. The summed E-state index contributed by atoms with van der Waals surface area (Å²) in [5.74, 6) is 0.360. The van der Waals surface area contributed by atoms with Crippen LogP contribution in [0.2, 0.25) is 0 Å². The molecule has 1 fully saturated rings. The van der Waals surface area contributed by atoms with E-state index in [1.165, 1.54) is 6.92 Å². The molecule has 2 heterocycles. The number of ketones is 1. The van der Waals surface area contributed by atoms with Gasteiger partial charge < -0.3 is 10.2 Å². The Bertz CT molecular complexity index is 897. The molecule has 1 N–H and O–H groups in total. The van der Waals surface area contributed by atoms with Gasteiger partial charge in [-0.25, -0.2) is 4.98 Å². The number of halogens is 1. The van der Waals surface area contributed by atoms with E-state index in [2.05, 4.69) is 37.2 Å². The van der Waals surface area contributed by atoms with Crippen LogP contribution in [0.25, 0.3) is 0 Å². The number of nitrogens with one attached hydrogen (secondary N) is 1. The molecule has 0 saturated carbocycles. The average Bonchev–Trinajstić information content (AvgIpc) is 2.69. The van der Waals surface area contributed by atoms with Crippen LogP contribution in [0.4, 0.5) is 11.5 Å². The first-order valence-corrected chi connectivity index (χ1v) is 9.49. The summed E-state index contributed by atoms with van der Waals surface area (Å²) in [7, 11) is 0. The van der Waals surface area contributed by atoms with E-state index in [4.69, 9.17) is 0 Å². The first-order chi connectivity index (χ1) is 13.0. The topological polar surface area (TPSA) is 86.1 Å². The van der Waals surface area contributed by atoms with Gasteiger partial charge in [-0.1, -0.05) is 0 Å².